The zero-order valence-electron chi connectivity index (χ0n) is 12.5. The predicted molar refractivity (Wildman–Crippen MR) is 87.4 cm³/mol. The predicted octanol–water partition coefficient (Wildman–Crippen LogP) is 2.55. The van der Waals surface area contributed by atoms with Crippen LogP contribution >= 0.6 is 0 Å². The van der Waals surface area contributed by atoms with Gasteiger partial charge in [-0.2, -0.15) is 0 Å². The number of hydrogen-bond donors (Lipinski definition) is 1. The Labute approximate surface area is 133 Å². The average Bonchev–Trinajstić information content (AvgIpc) is 2.59. The monoisotopic (exact) mass is 308 g/mol. The summed E-state index contributed by atoms with van der Waals surface area (Å²) in [6.07, 6.45) is 5.13. The topological polar surface area (TPSA) is 72.2 Å². The van der Waals surface area contributed by atoms with E-state index in [0.29, 0.717) is 12.1 Å². The van der Waals surface area contributed by atoms with Crippen molar-refractivity contribution in [2.24, 2.45) is 0 Å². The van der Waals surface area contributed by atoms with Gasteiger partial charge < -0.3 is 9.73 Å². The highest BCUT2D eigenvalue weighted by Crippen LogP contribution is 2.12. The van der Waals surface area contributed by atoms with E-state index in [0.717, 1.165) is 23.8 Å². The number of nitrogens with one attached hydrogen (secondary N) is 1. The largest absolute Gasteiger partial charge is 0.422 e. The fourth-order valence-corrected chi connectivity index (χ4v) is 2.36. The smallest absolute Gasteiger partial charge is 0.349 e. The lowest BCUT2D eigenvalue weighted by Gasteiger charge is -2.05. The van der Waals surface area contributed by atoms with Gasteiger partial charge in [-0.1, -0.05) is 24.3 Å². The van der Waals surface area contributed by atoms with E-state index in [9.17, 15) is 9.59 Å². The summed E-state index contributed by atoms with van der Waals surface area (Å²) in [6.45, 7) is 0.486. The summed E-state index contributed by atoms with van der Waals surface area (Å²) in [5.74, 6) is -0.407. The zero-order chi connectivity index (χ0) is 16.1. The molecule has 5 heteroatoms. The molecule has 0 bridgehead atoms. The van der Waals surface area contributed by atoms with E-state index in [2.05, 4.69) is 10.3 Å². The number of aryl methyl sites for hydroxylation is 1. The van der Waals surface area contributed by atoms with E-state index in [1.807, 2.05) is 18.2 Å². The molecule has 2 aromatic heterocycles. The maximum Gasteiger partial charge on any atom is 0.349 e. The van der Waals surface area contributed by atoms with E-state index in [1.54, 1.807) is 36.7 Å². The standard InChI is InChI=1S/C18H16N2O3/c21-17(20-10-4-6-13-5-3-9-19-12-13)15-11-14-7-1-2-8-16(14)23-18(15)22/h1-3,5,7-9,11-12H,4,6,10H2,(H,20,21). The van der Waals surface area contributed by atoms with Gasteiger partial charge in [-0.05, 0) is 36.6 Å². The van der Waals surface area contributed by atoms with Crippen LogP contribution in [0, 0.1) is 0 Å². The molecule has 5 nitrogen and oxygen atoms in total. The van der Waals surface area contributed by atoms with Crippen molar-refractivity contribution >= 4 is 16.9 Å². The van der Waals surface area contributed by atoms with Crippen LogP contribution in [0.4, 0.5) is 0 Å². The third-order valence-electron chi connectivity index (χ3n) is 3.54. The van der Waals surface area contributed by atoms with Gasteiger partial charge in [0, 0.05) is 24.3 Å². The molecule has 3 aromatic rings. The van der Waals surface area contributed by atoms with Gasteiger partial charge in [-0.3, -0.25) is 9.78 Å². The van der Waals surface area contributed by atoms with Crippen LogP contribution in [0.2, 0.25) is 0 Å². The van der Waals surface area contributed by atoms with Gasteiger partial charge in [-0.25, -0.2) is 4.79 Å². The Morgan fingerprint density at radius 2 is 2.04 bits per heavy atom. The lowest BCUT2D eigenvalue weighted by molar-refractivity contribution is 0.0949. The summed E-state index contributed by atoms with van der Waals surface area (Å²) < 4.78 is 5.16. The van der Waals surface area contributed by atoms with Crippen molar-refractivity contribution in [3.8, 4) is 0 Å². The third-order valence-corrected chi connectivity index (χ3v) is 3.54. The van der Waals surface area contributed by atoms with Gasteiger partial charge in [0.25, 0.3) is 5.91 Å². The first-order valence-corrected chi connectivity index (χ1v) is 7.44. The molecule has 1 aromatic carbocycles. The molecule has 0 radical (unpaired) electrons. The first kappa shape index (κ1) is 15.0. The minimum Gasteiger partial charge on any atom is -0.422 e. The van der Waals surface area contributed by atoms with Crippen molar-refractivity contribution < 1.29 is 9.21 Å². The number of para-hydroxylation sites is 1. The molecule has 23 heavy (non-hydrogen) atoms. The SMILES string of the molecule is O=C(NCCCc1cccnc1)c1cc2ccccc2oc1=O. The lowest BCUT2D eigenvalue weighted by atomic mass is 10.1. The minimum atomic E-state index is -0.617. The van der Waals surface area contributed by atoms with Gasteiger partial charge in [0.05, 0.1) is 0 Å². The van der Waals surface area contributed by atoms with Crippen molar-refractivity contribution in [2.75, 3.05) is 6.54 Å². The Hall–Kier alpha value is -2.95. The Morgan fingerprint density at radius 1 is 1.17 bits per heavy atom. The van der Waals surface area contributed by atoms with Crippen molar-refractivity contribution in [2.45, 2.75) is 12.8 Å². The van der Waals surface area contributed by atoms with Crippen LogP contribution in [0.1, 0.15) is 22.3 Å². The maximum atomic E-state index is 12.1. The summed E-state index contributed by atoms with van der Waals surface area (Å²) >= 11 is 0. The van der Waals surface area contributed by atoms with Crippen LogP contribution in [-0.2, 0) is 6.42 Å². The molecule has 0 aliphatic rings. The fourth-order valence-electron chi connectivity index (χ4n) is 2.36. The summed E-state index contributed by atoms with van der Waals surface area (Å²) in [7, 11) is 0. The van der Waals surface area contributed by atoms with Gasteiger partial charge in [0.1, 0.15) is 11.1 Å². The van der Waals surface area contributed by atoms with Gasteiger partial charge >= 0.3 is 5.63 Å². The van der Waals surface area contributed by atoms with Crippen molar-refractivity contribution in [3.05, 3.63) is 76.4 Å². The number of carbonyl (C=O) groups excluding carboxylic acids is 1. The van der Waals surface area contributed by atoms with Crippen LogP contribution in [0.15, 0.2) is 64.1 Å². The maximum absolute atomic E-state index is 12.1. The molecule has 0 saturated carbocycles. The quantitative estimate of drug-likeness (QED) is 0.581. The third kappa shape index (κ3) is 3.63. The summed E-state index contributed by atoms with van der Waals surface area (Å²) in [6, 6.07) is 12.6. The second kappa shape index (κ2) is 6.87. The van der Waals surface area contributed by atoms with Crippen molar-refractivity contribution in [1.82, 2.24) is 10.3 Å². The zero-order valence-corrected chi connectivity index (χ0v) is 12.5. The van der Waals surface area contributed by atoms with Crippen molar-refractivity contribution in [1.29, 1.82) is 0 Å². The van der Waals surface area contributed by atoms with Gasteiger partial charge in [0.15, 0.2) is 0 Å². The summed E-state index contributed by atoms with van der Waals surface area (Å²) in [5.41, 5.74) is 1.01. The highest BCUT2D eigenvalue weighted by molar-refractivity contribution is 5.96. The van der Waals surface area contributed by atoms with E-state index in [-0.39, 0.29) is 5.56 Å². The number of benzene rings is 1. The molecule has 3 rings (SSSR count). The number of aromatic nitrogens is 1. The fraction of sp³-hybridized carbons (Fsp3) is 0.167. The molecular weight excluding hydrogens is 292 g/mol. The number of pyridine rings is 1. The van der Waals surface area contributed by atoms with Crippen molar-refractivity contribution in [3.63, 3.8) is 0 Å². The minimum absolute atomic E-state index is 0.0325. The number of carbonyl (C=O) groups is 1. The van der Waals surface area contributed by atoms with Gasteiger partial charge in [0.2, 0.25) is 0 Å². The van der Waals surface area contributed by atoms with Crippen LogP contribution in [0.3, 0.4) is 0 Å². The first-order chi connectivity index (χ1) is 11.2. The molecular formula is C18H16N2O3. The molecule has 1 amide bonds. The molecule has 0 fully saturated rings. The molecule has 0 unspecified atom stereocenters. The number of hydrogen-bond acceptors (Lipinski definition) is 4. The Kier molecular flexibility index (Phi) is 4.47. The van der Waals surface area contributed by atoms with Crippen LogP contribution in [0.5, 0.6) is 0 Å². The Bertz CT molecular complexity index is 872. The normalized spacial score (nSPS) is 10.6. The highest BCUT2D eigenvalue weighted by atomic mass is 16.4. The molecule has 0 spiro atoms. The molecule has 1 N–H and O–H groups in total. The molecule has 0 saturated heterocycles. The second-order valence-corrected chi connectivity index (χ2v) is 5.21. The Balaban J connectivity index is 1.62. The number of rotatable bonds is 5. The number of amides is 1. The first-order valence-electron chi connectivity index (χ1n) is 7.44. The van der Waals surface area contributed by atoms with E-state index < -0.39 is 11.5 Å². The van der Waals surface area contributed by atoms with Crippen LogP contribution in [0.25, 0.3) is 11.0 Å². The van der Waals surface area contributed by atoms with Gasteiger partial charge in [-0.15, -0.1) is 0 Å². The Morgan fingerprint density at radius 3 is 2.87 bits per heavy atom. The molecule has 116 valence electrons. The van der Waals surface area contributed by atoms with Crippen LogP contribution < -0.4 is 10.9 Å². The summed E-state index contributed by atoms with van der Waals surface area (Å²) in [5, 5.41) is 3.48. The molecule has 2 heterocycles. The molecule has 0 aliphatic carbocycles. The van der Waals surface area contributed by atoms with E-state index in [4.69, 9.17) is 4.42 Å². The number of fused-ring (bicyclic) bond motifs is 1. The second-order valence-electron chi connectivity index (χ2n) is 5.21. The molecule has 0 atom stereocenters. The van der Waals surface area contributed by atoms with E-state index >= 15 is 0 Å². The molecule has 0 aliphatic heterocycles. The number of nitrogens with zero attached hydrogens (tertiary/aromatic N) is 1. The average molecular weight is 308 g/mol. The summed E-state index contributed by atoms with van der Waals surface area (Å²) in [4.78, 5) is 28.1. The van der Waals surface area contributed by atoms with Crippen LogP contribution in [-0.4, -0.2) is 17.4 Å². The highest BCUT2D eigenvalue weighted by Gasteiger charge is 2.12. The van der Waals surface area contributed by atoms with E-state index in [1.165, 1.54) is 0 Å². The lowest BCUT2D eigenvalue weighted by Crippen LogP contribution is -2.29.